The van der Waals surface area contributed by atoms with Crippen LogP contribution in [0.25, 0.3) is 0 Å². The molecule has 0 aliphatic heterocycles. The van der Waals surface area contributed by atoms with E-state index in [0.717, 1.165) is 0 Å². The number of hydrogen-bond acceptors (Lipinski definition) is 3. The molecule has 0 aliphatic carbocycles. The summed E-state index contributed by atoms with van der Waals surface area (Å²) in [7, 11) is 0. The van der Waals surface area contributed by atoms with Crippen LogP contribution in [0.5, 0.6) is 0 Å². The lowest BCUT2D eigenvalue weighted by Crippen LogP contribution is -2.33. The Morgan fingerprint density at radius 1 is 1.57 bits per heavy atom. The molecule has 0 saturated heterocycles. The number of nitrogens with two attached hydrogens (primary N) is 1. The molecule has 0 spiro atoms. The first-order valence-electron chi connectivity index (χ1n) is 4.86. The molecule has 0 aliphatic rings. The van der Waals surface area contributed by atoms with Crippen LogP contribution in [0.15, 0.2) is 12.3 Å². The quantitative estimate of drug-likeness (QED) is 0.798. The van der Waals surface area contributed by atoms with Crippen molar-refractivity contribution in [1.82, 2.24) is 9.78 Å². The average molecular weight is 197 g/mol. The van der Waals surface area contributed by atoms with Gasteiger partial charge in [-0.25, -0.2) is 0 Å². The lowest BCUT2D eigenvalue weighted by molar-refractivity contribution is -0.0670. The van der Waals surface area contributed by atoms with E-state index in [1.165, 1.54) is 0 Å². The second-order valence-corrected chi connectivity index (χ2v) is 4.36. The Morgan fingerprint density at radius 2 is 2.21 bits per heavy atom. The first kappa shape index (κ1) is 11.0. The van der Waals surface area contributed by atoms with Gasteiger partial charge in [-0.05, 0) is 33.8 Å². The number of anilines is 1. The Bertz CT molecular complexity index is 291. The van der Waals surface area contributed by atoms with Crippen LogP contribution in [-0.4, -0.2) is 21.5 Å². The zero-order valence-electron chi connectivity index (χ0n) is 9.32. The topological polar surface area (TPSA) is 53.1 Å². The monoisotopic (exact) mass is 197 g/mol. The predicted molar refractivity (Wildman–Crippen MR) is 56.9 cm³/mol. The van der Waals surface area contributed by atoms with E-state index in [1.807, 2.05) is 33.9 Å². The molecule has 14 heavy (non-hydrogen) atoms. The van der Waals surface area contributed by atoms with Gasteiger partial charge in [-0.3, -0.25) is 4.68 Å². The number of ether oxygens (including phenoxy) is 1. The molecular formula is C10H19N3O. The summed E-state index contributed by atoms with van der Waals surface area (Å²) in [5.74, 6) is 0.547. The minimum absolute atomic E-state index is 0.216. The second-order valence-electron chi connectivity index (χ2n) is 4.36. The van der Waals surface area contributed by atoms with Crippen molar-refractivity contribution >= 4 is 5.82 Å². The highest BCUT2D eigenvalue weighted by atomic mass is 16.5. The largest absolute Gasteiger partial charge is 0.382 e. The van der Waals surface area contributed by atoms with Gasteiger partial charge in [0.05, 0.1) is 18.2 Å². The summed E-state index contributed by atoms with van der Waals surface area (Å²) in [6.45, 7) is 8.86. The normalized spacial score (nSPS) is 12.4. The molecule has 4 nitrogen and oxygen atoms in total. The van der Waals surface area contributed by atoms with Crippen molar-refractivity contribution in [3.05, 3.63) is 12.3 Å². The van der Waals surface area contributed by atoms with Crippen LogP contribution in [0, 0.1) is 0 Å². The maximum atomic E-state index is 5.75. The van der Waals surface area contributed by atoms with Crippen molar-refractivity contribution in [2.75, 3.05) is 5.73 Å². The predicted octanol–water partition coefficient (Wildman–Crippen LogP) is 1.67. The van der Waals surface area contributed by atoms with E-state index in [4.69, 9.17) is 10.5 Å². The molecule has 0 atom stereocenters. The van der Waals surface area contributed by atoms with Crippen molar-refractivity contribution in [1.29, 1.82) is 0 Å². The minimum atomic E-state index is -0.216. The molecule has 80 valence electrons. The van der Waals surface area contributed by atoms with Gasteiger partial charge >= 0.3 is 0 Å². The molecule has 0 saturated carbocycles. The van der Waals surface area contributed by atoms with Crippen molar-refractivity contribution in [3.63, 3.8) is 0 Å². The van der Waals surface area contributed by atoms with E-state index >= 15 is 0 Å². The van der Waals surface area contributed by atoms with E-state index in [1.54, 1.807) is 10.7 Å². The first-order chi connectivity index (χ1) is 6.39. The van der Waals surface area contributed by atoms with Crippen LogP contribution < -0.4 is 5.73 Å². The van der Waals surface area contributed by atoms with Crippen molar-refractivity contribution < 1.29 is 4.74 Å². The third kappa shape index (κ3) is 3.38. The highest BCUT2D eigenvalue weighted by molar-refractivity contribution is 5.23. The van der Waals surface area contributed by atoms with Gasteiger partial charge in [-0.2, -0.15) is 5.10 Å². The number of rotatable bonds is 4. The zero-order chi connectivity index (χ0) is 10.8. The highest BCUT2D eigenvalue weighted by Gasteiger charge is 2.20. The number of hydrogen-bond donors (Lipinski definition) is 1. The Hall–Kier alpha value is -1.03. The molecule has 1 rings (SSSR count). The van der Waals surface area contributed by atoms with Gasteiger partial charge in [-0.1, -0.05) is 0 Å². The molecule has 0 bridgehead atoms. The maximum absolute atomic E-state index is 5.75. The van der Waals surface area contributed by atoms with Crippen LogP contribution in [-0.2, 0) is 11.3 Å². The fourth-order valence-corrected chi connectivity index (χ4v) is 1.53. The minimum Gasteiger partial charge on any atom is -0.382 e. The molecule has 1 aromatic heterocycles. The molecule has 0 unspecified atom stereocenters. The number of aromatic nitrogens is 2. The smallest absolute Gasteiger partial charge is 0.145 e. The van der Waals surface area contributed by atoms with E-state index in [-0.39, 0.29) is 11.7 Å². The molecule has 4 heteroatoms. The van der Waals surface area contributed by atoms with Gasteiger partial charge in [-0.15, -0.1) is 0 Å². The van der Waals surface area contributed by atoms with E-state index in [2.05, 4.69) is 5.10 Å². The molecule has 0 aromatic carbocycles. The van der Waals surface area contributed by atoms with Crippen molar-refractivity contribution in [2.24, 2.45) is 0 Å². The fourth-order valence-electron chi connectivity index (χ4n) is 1.53. The Morgan fingerprint density at radius 3 is 2.64 bits per heavy atom. The summed E-state index contributed by atoms with van der Waals surface area (Å²) < 4.78 is 7.55. The van der Waals surface area contributed by atoms with Crippen molar-refractivity contribution in [3.8, 4) is 0 Å². The first-order valence-corrected chi connectivity index (χ1v) is 4.86. The van der Waals surface area contributed by atoms with Gasteiger partial charge in [0.1, 0.15) is 5.82 Å². The van der Waals surface area contributed by atoms with Crippen LogP contribution in [0.3, 0.4) is 0 Å². The summed E-state index contributed by atoms with van der Waals surface area (Å²) >= 11 is 0. The van der Waals surface area contributed by atoms with E-state index in [0.29, 0.717) is 12.4 Å². The summed E-state index contributed by atoms with van der Waals surface area (Å²) in [4.78, 5) is 0. The summed E-state index contributed by atoms with van der Waals surface area (Å²) in [5, 5.41) is 4.12. The summed E-state index contributed by atoms with van der Waals surface area (Å²) in [5.41, 5.74) is 5.31. The van der Waals surface area contributed by atoms with E-state index in [9.17, 15) is 0 Å². The SMILES string of the molecule is CC(C)OC(C)(C)Cn1ccc(N)n1. The van der Waals surface area contributed by atoms with Gasteiger partial charge in [0.2, 0.25) is 0 Å². The fraction of sp³-hybridized carbons (Fsp3) is 0.700. The number of nitrogens with zero attached hydrogens (tertiary/aromatic N) is 2. The van der Waals surface area contributed by atoms with Crippen LogP contribution in [0.1, 0.15) is 27.7 Å². The maximum Gasteiger partial charge on any atom is 0.145 e. The van der Waals surface area contributed by atoms with Gasteiger partial charge < -0.3 is 10.5 Å². The third-order valence-electron chi connectivity index (χ3n) is 1.76. The lowest BCUT2D eigenvalue weighted by Gasteiger charge is -2.27. The number of nitrogen functional groups attached to an aromatic ring is 1. The third-order valence-corrected chi connectivity index (χ3v) is 1.76. The van der Waals surface area contributed by atoms with Crippen LogP contribution in [0.4, 0.5) is 5.82 Å². The standard InChI is InChI=1S/C10H19N3O/c1-8(2)14-10(3,4)7-13-6-5-9(11)12-13/h5-6,8H,7H2,1-4H3,(H2,11,12). The molecule has 1 aromatic rings. The zero-order valence-corrected chi connectivity index (χ0v) is 9.32. The molecule has 2 N–H and O–H groups in total. The van der Waals surface area contributed by atoms with Crippen LogP contribution >= 0.6 is 0 Å². The lowest BCUT2D eigenvalue weighted by atomic mass is 10.1. The van der Waals surface area contributed by atoms with Gasteiger partial charge in [0, 0.05) is 6.20 Å². The summed E-state index contributed by atoms with van der Waals surface area (Å²) in [6.07, 6.45) is 2.08. The highest BCUT2D eigenvalue weighted by Crippen LogP contribution is 2.15. The van der Waals surface area contributed by atoms with E-state index < -0.39 is 0 Å². The summed E-state index contributed by atoms with van der Waals surface area (Å²) in [6, 6.07) is 1.78. The molecule has 0 amide bonds. The van der Waals surface area contributed by atoms with Crippen molar-refractivity contribution in [2.45, 2.75) is 45.9 Å². The Kier molecular flexibility index (Phi) is 3.16. The Balaban J connectivity index is 2.58. The molecular weight excluding hydrogens is 178 g/mol. The van der Waals surface area contributed by atoms with Crippen LogP contribution in [0.2, 0.25) is 0 Å². The molecule has 1 heterocycles. The average Bonchev–Trinajstić information content (AvgIpc) is 2.30. The van der Waals surface area contributed by atoms with Gasteiger partial charge in [0.15, 0.2) is 0 Å². The molecule has 0 radical (unpaired) electrons. The second kappa shape index (κ2) is 4.00. The Labute approximate surface area is 85.0 Å². The molecule has 0 fully saturated rings. The van der Waals surface area contributed by atoms with Gasteiger partial charge in [0.25, 0.3) is 0 Å².